The first-order chi connectivity index (χ1) is 14.7. The van der Waals surface area contributed by atoms with Crippen molar-refractivity contribution in [3.63, 3.8) is 0 Å². The minimum absolute atomic E-state index is 0.0239. The Morgan fingerprint density at radius 2 is 1.91 bits per heavy atom. The summed E-state index contributed by atoms with van der Waals surface area (Å²) in [6.45, 7) is 12.6. The number of esters is 1. The molecule has 0 aliphatic carbocycles. The maximum absolute atomic E-state index is 13.0. The molecule has 0 aromatic heterocycles. The molecule has 0 saturated carbocycles. The molecule has 8 nitrogen and oxygen atoms in total. The van der Waals surface area contributed by atoms with Crippen molar-refractivity contribution in [2.75, 3.05) is 0 Å². The standard InChI is InChI=1S/C21H28N2O6S2Si/c1-12(29-32(5,6)21(2,3)4)15-17(24)22-16(20(30)31-18(15)22)19(25)28-11-13-7-9-14(10-8-13)23(26)27/h7-10,12,15-16,18H,11H2,1-6H3/t12-,15+,16+,18-/m1/s1. The SMILES string of the molecule is C[C@@H](O[Si](C)(C)C(C)(C)C)[C@H]1C(=O)N2[C@@H](C(=O)OCc3ccc([N+](=O)[O-])cc3)C(=S)S[C@H]12. The number of thiocarbonyl (C=S) groups is 1. The van der Waals surface area contributed by atoms with Crippen LogP contribution in [0.1, 0.15) is 33.3 Å². The number of amides is 1. The molecule has 0 bridgehead atoms. The average molecular weight is 497 g/mol. The van der Waals surface area contributed by atoms with Crippen molar-refractivity contribution in [3.05, 3.63) is 39.9 Å². The molecule has 1 amide bonds. The molecule has 0 spiro atoms. The van der Waals surface area contributed by atoms with Crippen molar-refractivity contribution >= 4 is 54.1 Å². The first kappa shape index (κ1) is 24.8. The fourth-order valence-corrected chi connectivity index (χ4v) is 6.85. The lowest BCUT2D eigenvalue weighted by atomic mass is 9.91. The summed E-state index contributed by atoms with van der Waals surface area (Å²) in [7, 11) is -2.05. The monoisotopic (exact) mass is 496 g/mol. The number of fused-ring (bicyclic) bond motifs is 1. The van der Waals surface area contributed by atoms with E-state index in [1.807, 2.05) is 6.92 Å². The van der Waals surface area contributed by atoms with Gasteiger partial charge >= 0.3 is 5.97 Å². The molecule has 0 unspecified atom stereocenters. The highest BCUT2D eigenvalue weighted by atomic mass is 32.2. The Kier molecular flexibility index (Phi) is 6.86. The van der Waals surface area contributed by atoms with Crippen molar-refractivity contribution in [1.29, 1.82) is 0 Å². The molecule has 2 saturated heterocycles. The number of non-ortho nitro benzene ring substituents is 1. The number of nitro benzene ring substituents is 1. The fourth-order valence-electron chi connectivity index (χ4n) is 3.52. The summed E-state index contributed by atoms with van der Waals surface area (Å²) in [5.41, 5.74) is 0.573. The Morgan fingerprint density at radius 1 is 1.31 bits per heavy atom. The second-order valence-corrected chi connectivity index (χ2v) is 16.2. The third-order valence-electron chi connectivity index (χ3n) is 6.40. The Hall–Kier alpha value is -1.82. The van der Waals surface area contributed by atoms with E-state index in [2.05, 4.69) is 33.9 Å². The van der Waals surface area contributed by atoms with Crippen molar-refractivity contribution < 1.29 is 23.7 Å². The van der Waals surface area contributed by atoms with Crippen LogP contribution in [0.25, 0.3) is 0 Å². The van der Waals surface area contributed by atoms with Gasteiger partial charge in [-0.3, -0.25) is 14.9 Å². The molecule has 2 aliphatic rings. The molecule has 2 heterocycles. The zero-order chi connectivity index (χ0) is 24.0. The third-order valence-corrected chi connectivity index (χ3v) is 12.7. The van der Waals surface area contributed by atoms with Crippen molar-refractivity contribution in [2.45, 2.75) is 70.0 Å². The lowest BCUT2D eigenvalue weighted by Crippen LogP contribution is -2.65. The number of carbonyl (C=O) groups excluding carboxylic acids is 2. The van der Waals surface area contributed by atoms with E-state index >= 15 is 0 Å². The van der Waals surface area contributed by atoms with Crippen LogP contribution in [0.5, 0.6) is 0 Å². The molecule has 3 rings (SSSR count). The van der Waals surface area contributed by atoms with Crippen LogP contribution in [0.2, 0.25) is 18.1 Å². The van der Waals surface area contributed by atoms with E-state index in [0.717, 1.165) is 0 Å². The first-order valence-corrected chi connectivity index (χ1v) is 14.5. The molecule has 11 heteroatoms. The number of hydrogen-bond acceptors (Lipinski definition) is 8. The van der Waals surface area contributed by atoms with Gasteiger partial charge in [0, 0.05) is 12.1 Å². The number of nitrogens with zero attached hydrogens (tertiary/aromatic N) is 2. The first-order valence-electron chi connectivity index (χ1n) is 10.3. The van der Waals surface area contributed by atoms with Gasteiger partial charge in [0.1, 0.15) is 6.61 Å². The largest absolute Gasteiger partial charge is 0.459 e. The van der Waals surface area contributed by atoms with Crippen LogP contribution in [-0.4, -0.2) is 51.7 Å². The molecule has 32 heavy (non-hydrogen) atoms. The van der Waals surface area contributed by atoms with Gasteiger partial charge < -0.3 is 14.1 Å². The van der Waals surface area contributed by atoms with Crippen LogP contribution in [0.3, 0.4) is 0 Å². The van der Waals surface area contributed by atoms with Gasteiger partial charge in [-0.25, -0.2) is 4.79 Å². The van der Waals surface area contributed by atoms with Crippen LogP contribution < -0.4 is 0 Å². The lowest BCUT2D eigenvalue weighted by molar-refractivity contribution is -0.384. The van der Waals surface area contributed by atoms with Gasteiger partial charge in [-0.1, -0.05) is 44.8 Å². The van der Waals surface area contributed by atoms with Gasteiger partial charge in [0.15, 0.2) is 14.4 Å². The van der Waals surface area contributed by atoms with E-state index in [0.29, 0.717) is 9.76 Å². The molecule has 1 aromatic carbocycles. The van der Waals surface area contributed by atoms with E-state index in [1.54, 1.807) is 0 Å². The van der Waals surface area contributed by atoms with E-state index in [9.17, 15) is 19.7 Å². The molecule has 1 aromatic rings. The van der Waals surface area contributed by atoms with Gasteiger partial charge in [-0.2, -0.15) is 0 Å². The Bertz CT molecular complexity index is 947. The topological polar surface area (TPSA) is 99.0 Å². The summed E-state index contributed by atoms with van der Waals surface area (Å²) in [4.78, 5) is 37.5. The van der Waals surface area contributed by atoms with Crippen LogP contribution in [0.15, 0.2) is 24.3 Å². The van der Waals surface area contributed by atoms with Crippen molar-refractivity contribution in [2.24, 2.45) is 5.92 Å². The second kappa shape index (κ2) is 8.84. The summed E-state index contributed by atoms with van der Waals surface area (Å²) < 4.78 is 12.2. The summed E-state index contributed by atoms with van der Waals surface area (Å²) in [5.74, 6) is -1.08. The minimum atomic E-state index is -2.05. The van der Waals surface area contributed by atoms with Crippen LogP contribution in [0.4, 0.5) is 5.69 Å². The smallest absolute Gasteiger partial charge is 0.335 e. The van der Waals surface area contributed by atoms with Crippen molar-refractivity contribution in [3.8, 4) is 0 Å². The molecule has 4 atom stereocenters. The summed E-state index contributed by atoms with van der Waals surface area (Å²) in [6.07, 6.45) is -0.269. The minimum Gasteiger partial charge on any atom is -0.459 e. The van der Waals surface area contributed by atoms with Gasteiger partial charge in [0.2, 0.25) is 5.91 Å². The molecular weight excluding hydrogens is 468 g/mol. The maximum atomic E-state index is 13.0. The van der Waals surface area contributed by atoms with Crippen molar-refractivity contribution in [1.82, 2.24) is 4.90 Å². The number of carbonyl (C=O) groups is 2. The zero-order valence-corrected chi connectivity index (χ0v) is 21.6. The number of thioether (sulfide) groups is 1. The summed E-state index contributed by atoms with van der Waals surface area (Å²) in [6, 6.07) is 4.86. The second-order valence-electron chi connectivity index (χ2n) is 9.62. The predicted molar refractivity (Wildman–Crippen MR) is 129 cm³/mol. The van der Waals surface area contributed by atoms with Gasteiger partial charge in [0.05, 0.1) is 26.5 Å². The normalized spacial score (nSPS) is 24.1. The number of ether oxygens (including phenoxy) is 1. The van der Waals surface area contributed by atoms with Crippen LogP contribution >= 0.6 is 24.0 Å². The Labute approximate surface area is 198 Å². The Morgan fingerprint density at radius 3 is 2.44 bits per heavy atom. The highest BCUT2D eigenvalue weighted by molar-refractivity contribution is 8.24. The van der Waals surface area contributed by atoms with Crippen LogP contribution in [0, 0.1) is 16.0 Å². The molecule has 174 valence electrons. The molecule has 2 fully saturated rings. The quantitative estimate of drug-likeness (QED) is 0.138. The van der Waals surface area contributed by atoms with Crippen LogP contribution in [-0.2, 0) is 25.4 Å². The maximum Gasteiger partial charge on any atom is 0.335 e. The number of nitro groups is 1. The van der Waals surface area contributed by atoms with E-state index in [1.165, 1.54) is 40.9 Å². The van der Waals surface area contributed by atoms with Gasteiger partial charge in [-0.05, 0) is 42.8 Å². The number of β-lactam (4-membered cyclic amide) rings is 1. The number of hydrogen-bond donors (Lipinski definition) is 0. The fraction of sp³-hybridized carbons (Fsp3) is 0.571. The average Bonchev–Trinajstić information content (AvgIpc) is 2.97. The summed E-state index contributed by atoms with van der Waals surface area (Å²) >= 11 is 6.76. The number of benzene rings is 1. The van der Waals surface area contributed by atoms with Gasteiger partial charge in [0.25, 0.3) is 5.69 Å². The molecule has 0 N–H and O–H groups in total. The highest BCUT2D eigenvalue weighted by Crippen LogP contribution is 2.48. The zero-order valence-electron chi connectivity index (χ0n) is 19.0. The lowest BCUT2D eigenvalue weighted by Gasteiger charge is -2.48. The predicted octanol–water partition coefficient (Wildman–Crippen LogP) is 4.28. The van der Waals surface area contributed by atoms with Gasteiger partial charge in [-0.15, -0.1) is 0 Å². The van der Waals surface area contributed by atoms with E-state index in [4.69, 9.17) is 21.4 Å². The molecular formula is C21H28N2O6S2Si. The highest BCUT2D eigenvalue weighted by Gasteiger charge is 2.61. The summed E-state index contributed by atoms with van der Waals surface area (Å²) in [5, 5.41) is 10.5. The molecule has 2 aliphatic heterocycles. The third kappa shape index (κ3) is 4.61. The van der Waals surface area contributed by atoms with E-state index in [-0.39, 0.29) is 40.6 Å². The van der Waals surface area contributed by atoms with E-state index < -0.39 is 25.3 Å². The number of rotatable bonds is 7. The molecule has 0 radical (unpaired) electrons. The Balaban J connectivity index is 1.62.